The van der Waals surface area contributed by atoms with Crippen molar-refractivity contribution in [1.29, 1.82) is 0 Å². The summed E-state index contributed by atoms with van der Waals surface area (Å²) in [4.78, 5) is 35.8. The Morgan fingerprint density at radius 1 is 0.824 bits per heavy atom. The molecular formula is C25H23N3O4S2. The SMILES string of the molecule is CC(=O)c1ccc(NC(=S)Nc2cccc(SC(C)C(=O)Nc3ccc(C(=O)O)cc3)c2)cc1. The predicted octanol–water partition coefficient (Wildman–Crippen LogP) is 5.52. The number of ketones is 1. The van der Waals surface area contributed by atoms with Gasteiger partial charge in [-0.3, -0.25) is 9.59 Å². The topological polar surface area (TPSA) is 108 Å². The van der Waals surface area contributed by atoms with Gasteiger partial charge in [0, 0.05) is 27.5 Å². The van der Waals surface area contributed by atoms with Crippen LogP contribution in [-0.2, 0) is 4.79 Å². The minimum atomic E-state index is -1.02. The van der Waals surface area contributed by atoms with Crippen molar-refractivity contribution >= 4 is 63.8 Å². The number of benzene rings is 3. The van der Waals surface area contributed by atoms with E-state index >= 15 is 0 Å². The van der Waals surface area contributed by atoms with Crippen molar-refractivity contribution in [2.75, 3.05) is 16.0 Å². The lowest BCUT2D eigenvalue weighted by Crippen LogP contribution is -2.22. The maximum atomic E-state index is 12.6. The lowest BCUT2D eigenvalue weighted by Gasteiger charge is -2.14. The fraction of sp³-hybridized carbons (Fsp3) is 0.120. The Bertz CT molecular complexity index is 1210. The van der Waals surface area contributed by atoms with E-state index in [0.717, 1.165) is 16.3 Å². The molecular weight excluding hydrogens is 470 g/mol. The molecule has 0 aliphatic heterocycles. The lowest BCUT2D eigenvalue weighted by atomic mass is 10.1. The highest BCUT2D eigenvalue weighted by Gasteiger charge is 2.15. The number of Topliss-reactive ketones (excluding diaryl/α,β-unsaturated/α-hetero) is 1. The van der Waals surface area contributed by atoms with E-state index in [4.69, 9.17) is 17.3 Å². The number of amides is 1. The second-order valence-electron chi connectivity index (χ2n) is 7.37. The highest BCUT2D eigenvalue weighted by Crippen LogP contribution is 2.27. The number of hydrogen-bond acceptors (Lipinski definition) is 5. The van der Waals surface area contributed by atoms with Crippen LogP contribution in [0.15, 0.2) is 77.7 Å². The molecule has 3 aromatic rings. The lowest BCUT2D eigenvalue weighted by molar-refractivity contribution is -0.115. The van der Waals surface area contributed by atoms with Gasteiger partial charge >= 0.3 is 5.97 Å². The Morgan fingerprint density at radius 3 is 1.97 bits per heavy atom. The van der Waals surface area contributed by atoms with Crippen molar-refractivity contribution in [1.82, 2.24) is 0 Å². The third kappa shape index (κ3) is 7.16. The van der Waals surface area contributed by atoms with Gasteiger partial charge in [0.05, 0.1) is 10.8 Å². The summed E-state index contributed by atoms with van der Waals surface area (Å²) in [5, 5.41) is 18.0. The van der Waals surface area contributed by atoms with E-state index in [2.05, 4.69) is 16.0 Å². The molecule has 0 aliphatic rings. The minimum Gasteiger partial charge on any atom is -0.478 e. The van der Waals surface area contributed by atoms with Crippen LogP contribution in [-0.4, -0.2) is 33.1 Å². The smallest absolute Gasteiger partial charge is 0.335 e. The summed E-state index contributed by atoms with van der Waals surface area (Å²) >= 11 is 6.76. The number of rotatable bonds is 8. The number of hydrogen-bond donors (Lipinski definition) is 4. The Kier molecular flexibility index (Phi) is 8.39. The van der Waals surface area contributed by atoms with Gasteiger partial charge in [-0.15, -0.1) is 11.8 Å². The van der Waals surface area contributed by atoms with Crippen LogP contribution in [0, 0.1) is 0 Å². The summed E-state index contributed by atoms with van der Waals surface area (Å²) in [6, 6.07) is 20.6. The quantitative estimate of drug-likeness (QED) is 0.185. The Balaban J connectivity index is 1.55. The van der Waals surface area contributed by atoms with Gasteiger partial charge in [-0.25, -0.2) is 4.79 Å². The molecule has 7 nitrogen and oxygen atoms in total. The van der Waals surface area contributed by atoms with E-state index in [0.29, 0.717) is 16.4 Å². The number of nitrogens with one attached hydrogen (secondary N) is 3. The van der Waals surface area contributed by atoms with E-state index in [-0.39, 0.29) is 22.5 Å². The Hall–Kier alpha value is -3.69. The number of anilines is 3. The maximum absolute atomic E-state index is 12.6. The standard InChI is InChI=1S/C25H23N3O4S2/c1-15(29)17-6-10-20(11-7-17)27-25(33)28-21-4-3-5-22(14-21)34-16(2)23(30)26-19-12-8-18(9-13-19)24(31)32/h3-14,16H,1-2H3,(H,26,30)(H,31,32)(H2,27,28,33). The first kappa shape index (κ1) is 24.9. The van der Waals surface area contributed by atoms with Crippen molar-refractivity contribution in [3.63, 3.8) is 0 Å². The first-order valence-electron chi connectivity index (χ1n) is 10.3. The van der Waals surface area contributed by atoms with Crippen LogP contribution in [0.25, 0.3) is 0 Å². The van der Waals surface area contributed by atoms with Crippen LogP contribution < -0.4 is 16.0 Å². The van der Waals surface area contributed by atoms with E-state index in [1.807, 2.05) is 24.3 Å². The third-order valence-electron chi connectivity index (χ3n) is 4.72. The number of carbonyl (C=O) groups excluding carboxylic acids is 2. The first-order valence-corrected chi connectivity index (χ1v) is 11.6. The zero-order valence-electron chi connectivity index (χ0n) is 18.5. The molecule has 0 spiro atoms. The molecule has 3 rings (SSSR count). The molecule has 9 heteroatoms. The fourth-order valence-electron chi connectivity index (χ4n) is 2.93. The van der Waals surface area contributed by atoms with Crippen LogP contribution in [0.1, 0.15) is 34.6 Å². The monoisotopic (exact) mass is 493 g/mol. The molecule has 174 valence electrons. The van der Waals surface area contributed by atoms with Gasteiger partial charge in [0.15, 0.2) is 10.9 Å². The van der Waals surface area contributed by atoms with E-state index in [9.17, 15) is 14.4 Å². The van der Waals surface area contributed by atoms with Crippen molar-refractivity contribution in [2.45, 2.75) is 24.0 Å². The van der Waals surface area contributed by atoms with Crippen LogP contribution >= 0.6 is 24.0 Å². The average molecular weight is 494 g/mol. The predicted molar refractivity (Wildman–Crippen MR) is 140 cm³/mol. The molecule has 0 aliphatic carbocycles. The Labute approximate surface area is 207 Å². The van der Waals surface area contributed by atoms with Crippen LogP contribution in [0.3, 0.4) is 0 Å². The molecule has 4 N–H and O–H groups in total. The van der Waals surface area contributed by atoms with Gasteiger partial charge in [-0.05, 0) is 92.8 Å². The summed E-state index contributed by atoms with van der Waals surface area (Å²) in [5.74, 6) is -1.21. The highest BCUT2D eigenvalue weighted by molar-refractivity contribution is 8.00. The molecule has 0 saturated heterocycles. The van der Waals surface area contributed by atoms with Crippen LogP contribution in [0.5, 0.6) is 0 Å². The zero-order chi connectivity index (χ0) is 24.7. The van der Waals surface area contributed by atoms with Gasteiger partial charge in [0.2, 0.25) is 5.91 Å². The molecule has 0 saturated carbocycles. The van der Waals surface area contributed by atoms with Crippen molar-refractivity contribution in [3.05, 3.63) is 83.9 Å². The molecule has 1 atom stereocenters. The summed E-state index contributed by atoms with van der Waals surface area (Å²) < 4.78 is 0. The molecule has 34 heavy (non-hydrogen) atoms. The molecule has 0 radical (unpaired) electrons. The number of thiocarbonyl (C=S) groups is 1. The molecule has 0 aromatic heterocycles. The fourth-order valence-corrected chi connectivity index (χ4v) is 4.09. The summed E-state index contributed by atoms with van der Waals surface area (Å²) in [5.41, 5.74) is 2.84. The van der Waals surface area contributed by atoms with Crippen molar-refractivity contribution in [3.8, 4) is 0 Å². The first-order chi connectivity index (χ1) is 16.2. The van der Waals surface area contributed by atoms with Gasteiger partial charge in [-0.2, -0.15) is 0 Å². The van der Waals surface area contributed by atoms with E-state index < -0.39 is 5.97 Å². The van der Waals surface area contributed by atoms with Crippen LogP contribution in [0.2, 0.25) is 0 Å². The molecule has 0 heterocycles. The van der Waals surface area contributed by atoms with E-state index in [1.54, 1.807) is 43.3 Å². The molecule has 3 aromatic carbocycles. The number of aromatic carboxylic acids is 1. The van der Waals surface area contributed by atoms with Gasteiger partial charge in [0.25, 0.3) is 0 Å². The Morgan fingerprint density at radius 2 is 1.38 bits per heavy atom. The number of carbonyl (C=O) groups is 3. The number of thioether (sulfide) groups is 1. The van der Waals surface area contributed by atoms with E-state index in [1.165, 1.54) is 30.8 Å². The zero-order valence-corrected chi connectivity index (χ0v) is 20.1. The number of carboxylic acid groups (broad SMARTS) is 1. The molecule has 1 unspecified atom stereocenters. The second kappa shape index (κ2) is 11.4. The molecule has 0 bridgehead atoms. The minimum absolute atomic E-state index is 0.000527. The highest BCUT2D eigenvalue weighted by atomic mass is 32.2. The van der Waals surface area contributed by atoms with Gasteiger partial charge < -0.3 is 21.1 Å². The average Bonchev–Trinajstić information content (AvgIpc) is 2.80. The van der Waals surface area contributed by atoms with Gasteiger partial charge in [0.1, 0.15) is 0 Å². The molecule has 0 fully saturated rings. The van der Waals surface area contributed by atoms with Crippen LogP contribution in [0.4, 0.5) is 17.1 Å². The maximum Gasteiger partial charge on any atom is 0.335 e. The van der Waals surface area contributed by atoms with Gasteiger partial charge in [-0.1, -0.05) is 6.07 Å². The summed E-state index contributed by atoms with van der Waals surface area (Å²) in [6.07, 6.45) is 0. The summed E-state index contributed by atoms with van der Waals surface area (Å²) in [7, 11) is 0. The van der Waals surface area contributed by atoms with Crippen molar-refractivity contribution < 1.29 is 19.5 Å². The molecule has 1 amide bonds. The van der Waals surface area contributed by atoms with Crippen molar-refractivity contribution in [2.24, 2.45) is 0 Å². The summed E-state index contributed by atoms with van der Waals surface area (Å²) in [6.45, 7) is 3.31. The number of carboxylic acids is 1. The third-order valence-corrected chi connectivity index (χ3v) is 6.02. The second-order valence-corrected chi connectivity index (χ2v) is 9.19. The normalized spacial score (nSPS) is 11.2. The largest absolute Gasteiger partial charge is 0.478 e.